The molecule has 2 bridgehead atoms. The van der Waals surface area contributed by atoms with Gasteiger partial charge in [0.2, 0.25) is 0 Å². The van der Waals surface area contributed by atoms with E-state index < -0.39 is 0 Å². The fourth-order valence-electron chi connectivity index (χ4n) is 3.55. The fourth-order valence-corrected chi connectivity index (χ4v) is 3.55. The number of nitrogens with one attached hydrogen (secondary N) is 2. The second-order valence-electron chi connectivity index (χ2n) is 6.16. The summed E-state index contributed by atoms with van der Waals surface area (Å²) >= 11 is 0. The Morgan fingerprint density at radius 1 is 1.11 bits per heavy atom. The van der Waals surface area contributed by atoms with Crippen LogP contribution in [0.2, 0.25) is 0 Å². The Morgan fingerprint density at radius 2 is 1.68 bits per heavy atom. The number of rotatable bonds is 2. The molecule has 1 aromatic carbocycles. The van der Waals surface area contributed by atoms with Gasteiger partial charge in [0, 0.05) is 23.7 Å². The summed E-state index contributed by atoms with van der Waals surface area (Å²) in [4.78, 5) is 12.3. The van der Waals surface area contributed by atoms with Gasteiger partial charge < -0.3 is 10.6 Å². The van der Waals surface area contributed by atoms with Crippen molar-refractivity contribution in [1.29, 1.82) is 0 Å². The van der Waals surface area contributed by atoms with E-state index in [0.29, 0.717) is 18.1 Å². The van der Waals surface area contributed by atoms with Crippen LogP contribution in [0.25, 0.3) is 0 Å². The smallest absolute Gasteiger partial charge is 0.251 e. The minimum absolute atomic E-state index is 0.0816. The van der Waals surface area contributed by atoms with E-state index in [2.05, 4.69) is 16.7 Å². The summed E-state index contributed by atoms with van der Waals surface area (Å²) in [6.07, 6.45) is 4.68. The van der Waals surface area contributed by atoms with Gasteiger partial charge in [-0.25, -0.2) is 0 Å². The van der Waals surface area contributed by atoms with Crippen molar-refractivity contribution in [3.8, 4) is 0 Å². The standard InChI is InChI=1S/C16H22N2O/c1-10-5-11(2)7-12(6-10)16(19)18-15-8-13-3-4-14(9-15)17-13/h5-7,13-15,17H,3-4,8-9H2,1-2H3,(H,18,19). The van der Waals surface area contributed by atoms with Crippen LogP contribution in [0.4, 0.5) is 0 Å². The number of hydrogen-bond donors (Lipinski definition) is 2. The normalized spacial score (nSPS) is 29.3. The summed E-state index contributed by atoms with van der Waals surface area (Å²) in [5, 5.41) is 6.81. The predicted octanol–water partition coefficient (Wildman–Crippen LogP) is 2.32. The minimum Gasteiger partial charge on any atom is -0.349 e. The number of carbonyl (C=O) groups excluding carboxylic acids is 1. The number of piperidine rings is 1. The highest BCUT2D eigenvalue weighted by Crippen LogP contribution is 2.27. The molecule has 1 amide bonds. The Kier molecular flexibility index (Phi) is 3.31. The van der Waals surface area contributed by atoms with Crippen LogP contribution in [0, 0.1) is 13.8 Å². The number of aryl methyl sites for hydroxylation is 2. The van der Waals surface area contributed by atoms with Crippen molar-refractivity contribution in [2.75, 3.05) is 0 Å². The molecule has 2 unspecified atom stereocenters. The molecule has 19 heavy (non-hydrogen) atoms. The van der Waals surface area contributed by atoms with E-state index in [1.54, 1.807) is 0 Å². The maximum atomic E-state index is 12.3. The van der Waals surface area contributed by atoms with Crippen LogP contribution in [0.3, 0.4) is 0 Å². The first-order chi connectivity index (χ1) is 9.10. The molecule has 0 aliphatic carbocycles. The summed E-state index contributed by atoms with van der Waals surface area (Å²) in [7, 11) is 0. The van der Waals surface area contributed by atoms with E-state index in [0.717, 1.165) is 29.5 Å². The maximum Gasteiger partial charge on any atom is 0.251 e. The van der Waals surface area contributed by atoms with Crippen molar-refractivity contribution >= 4 is 5.91 Å². The minimum atomic E-state index is 0.0816. The average Bonchev–Trinajstić information content (AvgIpc) is 2.67. The molecule has 3 heteroatoms. The Morgan fingerprint density at radius 3 is 2.26 bits per heavy atom. The first kappa shape index (κ1) is 12.7. The van der Waals surface area contributed by atoms with Gasteiger partial charge in [0.05, 0.1) is 0 Å². The number of hydrogen-bond acceptors (Lipinski definition) is 2. The quantitative estimate of drug-likeness (QED) is 0.854. The van der Waals surface area contributed by atoms with Crippen LogP contribution in [0.15, 0.2) is 18.2 Å². The van der Waals surface area contributed by atoms with Gasteiger partial charge >= 0.3 is 0 Å². The van der Waals surface area contributed by atoms with Gasteiger partial charge in [-0.15, -0.1) is 0 Å². The van der Waals surface area contributed by atoms with Gasteiger partial charge in [-0.3, -0.25) is 4.79 Å². The lowest BCUT2D eigenvalue weighted by Crippen LogP contribution is -2.48. The molecule has 2 aliphatic heterocycles. The monoisotopic (exact) mass is 258 g/mol. The van der Waals surface area contributed by atoms with Crippen molar-refractivity contribution in [3.05, 3.63) is 34.9 Å². The first-order valence-electron chi connectivity index (χ1n) is 7.25. The van der Waals surface area contributed by atoms with Crippen molar-refractivity contribution < 1.29 is 4.79 Å². The molecule has 0 saturated carbocycles. The molecule has 0 spiro atoms. The molecule has 0 radical (unpaired) electrons. The lowest BCUT2D eigenvalue weighted by Gasteiger charge is -2.29. The highest BCUT2D eigenvalue weighted by Gasteiger charge is 2.34. The van der Waals surface area contributed by atoms with E-state index >= 15 is 0 Å². The number of carbonyl (C=O) groups is 1. The second-order valence-corrected chi connectivity index (χ2v) is 6.16. The molecular formula is C16H22N2O. The van der Waals surface area contributed by atoms with Crippen LogP contribution in [-0.4, -0.2) is 24.0 Å². The van der Waals surface area contributed by atoms with E-state index in [4.69, 9.17) is 0 Å². The van der Waals surface area contributed by atoms with E-state index in [1.807, 2.05) is 26.0 Å². The van der Waals surface area contributed by atoms with Crippen molar-refractivity contribution in [2.24, 2.45) is 0 Å². The van der Waals surface area contributed by atoms with Crippen LogP contribution >= 0.6 is 0 Å². The van der Waals surface area contributed by atoms with Gasteiger partial charge in [-0.1, -0.05) is 17.2 Å². The summed E-state index contributed by atoms with van der Waals surface area (Å²) in [6.45, 7) is 4.07. The third-order valence-corrected chi connectivity index (χ3v) is 4.29. The van der Waals surface area contributed by atoms with Crippen LogP contribution in [-0.2, 0) is 0 Å². The molecule has 2 saturated heterocycles. The average molecular weight is 258 g/mol. The highest BCUT2D eigenvalue weighted by atomic mass is 16.1. The van der Waals surface area contributed by atoms with Crippen molar-refractivity contribution in [3.63, 3.8) is 0 Å². The second kappa shape index (κ2) is 4.97. The predicted molar refractivity (Wildman–Crippen MR) is 76.3 cm³/mol. The Bertz CT molecular complexity index is 465. The summed E-state index contributed by atoms with van der Waals surface area (Å²) in [5.74, 6) is 0.0816. The molecule has 2 aliphatic rings. The van der Waals surface area contributed by atoms with E-state index in [-0.39, 0.29) is 5.91 Å². The topological polar surface area (TPSA) is 41.1 Å². The number of fused-ring (bicyclic) bond motifs is 2. The Balaban J connectivity index is 1.67. The highest BCUT2D eigenvalue weighted by molar-refractivity contribution is 5.94. The van der Waals surface area contributed by atoms with Crippen molar-refractivity contribution in [2.45, 2.75) is 57.7 Å². The van der Waals surface area contributed by atoms with Gasteiger partial charge in [0.1, 0.15) is 0 Å². The van der Waals surface area contributed by atoms with Crippen LogP contribution in [0.5, 0.6) is 0 Å². The summed E-state index contributed by atoms with van der Waals surface area (Å²) < 4.78 is 0. The number of benzene rings is 1. The van der Waals surface area contributed by atoms with Crippen molar-refractivity contribution in [1.82, 2.24) is 10.6 Å². The van der Waals surface area contributed by atoms with Gasteiger partial charge in [0.25, 0.3) is 5.91 Å². The molecule has 2 N–H and O–H groups in total. The van der Waals surface area contributed by atoms with Crippen LogP contribution < -0.4 is 10.6 Å². The molecule has 2 fully saturated rings. The molecule has 2 heterocycles. The third-order valence-electron chi connectivity index (χ3n) is 4.29. The molecular weight excluding hydrogens is 236 g/mol. The summed E-state index contributed by atoms with van der Waals surface area (Å²) in [5.41, 5.74) is 3.09. The molecule has 3 rings (SSSR count). The molecule has 3 nitrogen and oxygen atoms in total. The van der Waals surface area contributed by atoms with Gasteiger partial charge in [-0.2, -0.15) is 0 Å². The van der Waals surface area contributed by atoms with Gasteiger partial charge in [-0.05, 0) is 51.7 Å². The Labute approximate surface area is 114 Å². The van der Waals surface area contributed by atoms with Gasteiger partial charge in [0.15, 0.2) is 0 Å². The SMILES string of the molecule is Cc1cc(C)cc(C(=O)NC2CC3CCC(C2)N3)c1. The number of amides is 1. The molecule has 0 aromatic heterocycles. The largest absolute Gasteiger partial charge is 0.349 e. The van der Waals surface area contributed by atoms with Crippen LogP contribution in [0.1, 0.15) is 47.2 Å². The lowest BCUT2D eigenvalue weighted by molar-refractivity contribution is 0.0924. The molecule has 1 aromatic rings. The fraction of sp³-hybridized carbons (Fsp3) is 0.562. The third kappa shape index (κ3) is 2.81. The van der Waals surface area contributed by atoms with E-state index in [9.17, 15) is 4.79 Å². The summed E-state index contributed by atoms with van der Waals surface area (Å²) in [6, 6.07) is 7.61. The molecule has 2 atom stereocenters. The van der Waals surface area contributed by atoms with E-state index in [1.165, 1.54) is 12.8 Å². The Hall–Kier alpha value is -1.35. The molecule has 102 valence electrons. The zero-order chi connectivity index (χ0) is 13.4. The zero-order valence-corrected chi connectivity index (χ0v) is 11.7. The maximum absolute atomic E-state index is 12.3. The lowest BCUT2D eigenvalue weighted by atomic mass is 9.99. The zero-order valence-electron chi connectivity index (χ0n) is 11.7. The first-order valence-corrected chi connectivity index (χ1v) is 7.25.